The van der Waals surface area contributed by atoms with E-state index in [4.69, 9.17) is 4.74 Å². The molecule has 0 aliphatic rings. The van der Waals surface area contributed by atoms with Gasteiger partial charge in [-0.2, -0.15) is 0 Å². The Morgan fingerprint density at radius 3 is 2.53 bits per heavy atom. The Balaban J connectivity index is 2.01. The summed E-state index contributed by atoms with van der Waals surface area (Å²) in [7, 11) is 1.66. The summed E-state index contributed by atoms with van der Waals surface area (Å²) in [5.74, 6) is 0.734. The maximum atomic E-state index is 13.0. The first-order valence-electron chi connectivity index (χ1n) is 12.0. The second-order valence-electron chi connectivity index (χ2n) is 9.32. The van der Waals surface area contributed by atoms with Crippen LogP contribution in [0.15, 0.2) is 47.5 Å². The van der Waals surface area contributed by atoms with Gasteiger partial charge in [0.05, 0.1) is 5.60 Å². The molecule has 0 fully saturated rings. The number of carbonyl (C=O) groups excluding carboxylic acids is 1. The number of para-hydroxylation sites is 1. The molecule has 1 aromatic carbocycles. The van der Waals surface area contributed by atoms with Crippen LogP contribution in [-0.4, -0.2) is 32.1 Å². The van der Waals surface area contributed by atoms with Gasteiger partial charge in [0.1, 0.15) is 17.0 Å². The highest BCUT2D eigenvalue weighted by atomic mass is 16.5. The van der Waals surface area contributed by atoms with Gasteiger partial charge in [0.2, 0.25) is 5.88 Å². The molecule has 8 heteroatoms. The predicted octanol–water partition coefficient (Wildman–Crippen LogP) is 4.70. The maximum Gasteiger partial charge on any atom is 0.274 e. The van der Waals surface area contributed by atoms with Crippen LogP contribution in [0.25, 0.3) is 22.0 Å². The van der Waals surface area contributed by atoms with Crippen LogP contribution >= 0.6 is 0 Å². The molecule has 0 aliphatic heterocycles. The molecule has 0 saturated carbocycles. The van der Waals surface area contributed by atoms with E-state index in [2.05, 4.69) is 15.3 Å². The number of fused-ring (bicyclic) bond motifs is 1. The summed E-state index contributed by atoms with van der Waals surface area (Å²) in [6.07, 6.45) is 3.81. The molecule has 8 nitrogen and oxygen atoms in total. The van der Waals surface area contributed by atoms with E-state index in [0.29, 0.717) is 57.9 Å². The highest BCUT2D eigenvalue weighted by molar-refractivity contribution is 6.03. The van der Waals surface area contributed by atoms with Crippen molar-refractivity contribution in [3.63, 3.8) is 0 Å². The number of rotatable bonds is 7. The smallest absolute Gasteiger partial charge is 0.274 e. The summed E-state index contributed by atoms with van der Waals surface area (Å²) < 4.78 is 7.83. The molecule has 4 rings (SSSR count). The molecule has 3 aromatic heterocycles. The quantitative estimate of drug-likeness (QED) is 0.349. The molecule has 1 atom stereocenters. The first-order valence-corrected chi connectivity index (χ1v) is 12.0. The lowest BCUT2D eigenvalue weighted by atomic mass is 9.92. The number of aromatic amines is 1. The zero-order valence-corrected chi connectivity index (χ0v) is 21.5. The molecular formula is C28H32N4O4. The Morgan fingerprint density at radius 2 is 1.89 bits per heavy atom. The van der Waals surface area contributed by atoms with Crippen LogP contribution in [0.2, 0.25) is 0 Å². The third kappa shape index (κ3) is 4.52. The zero-order chi connectivity index (χ0) is 26.2. The van der Waals surface area contributed by atoms with E-state index in [1.54, 1.807) is 32.4 Å². The van der Waals surface area contributed by atoms with E-state index >= 15 is 0 Å². The van der Waals surface area contributed by atoms with E-state index in [-0.39, 0.29) is 11.5 Å². The highest BCUT2D eigenvalue weighted by Gasteiger charge is 2.25. The number of nitrogens with one attached hydrogen (secondary N) is 2. The van der Waals surface area contributed by atoms with Gasteiger partial charge in [-0.1, -0.05) is 25.1 Å². The van der Waals surface area contributed by atoms with Crippen molar-refractivity contribution in [2.24, 2.45) is 7.05 Å². The van der Waals surface area contributed by atoms with Crippen molar-refractivity contribution in [3.8, 4) is 22.8 Å². The molecule has 0 aliphatic carbocycles. The Labute approximate surface area is 210 Å². The van der Waals surface area contributed by atoms with Crippen LogP contribution in [0.5, 0.6) is 11.6 Å². The summed E-state index contributed by atoms with van der Waals surface area (Å²) >= 11 is 0. The van der Waals surface area contributed by atoms with Gasteiger partial charge in [0, 0.05) is 48.1 Å². The first kappa shape index (κ1) is 25.2. The predicted molar refractivity (Wildman–Crippen MR) is 141 cm³/mol. The fourth-order valence-corrected chi connectivity index (χ4v) is 4.21. The largest absolute Gasteiger partial charge is 0.438 e. The molecule has 0 spiro atoms. The number of nitrogens with zero attached hydrogens (tertiary/aromatic N) is 2. The van der Waals surface area contributed by atoms with E-state index < -0.39 is 5.60 Å². The number of amides is 1. The number of pyridine rings is 2. The second-order valence-corrected chi connectivity index (χ2v) is 9.32. The number of hydrogen-bond acceptors (Lipinski definition) is 5. The number of hydrogen-bond donors (Lipinski definition) is 3. The molecule has 188 valence electrons. The van der Waals surface area contributed by atoms with Gasteiger partial charge in [-0.25, -0.2) is 4.98 Å². The Bertz CT molecular complexity index is 1490. The third-order valence-corrected chi connectivity index (χ3v) is 6.61. The minimum Gasteiger partial charge on any atom is -0.438 e. The molecule has 0 radical (unpaired) electrons. The highest BCUT2D eigenvalue weighted by Crippen LogP contribution is 2.39. The molecule has 0 saturated heterocycles. The van der Waals surface area contributed by atoms with Crippen LogP contribution in [-0.2, 0) is 12.6 Å². The zero-order valence-electron chi connectivity index (χ0n) is 21.5. The van der Waals surface area contributed by atoms with Crippen LogP contribution in [0.4, 0.5) is 0 Å². The number of aromatic nitrogens is 3. The van der Waals surface area contributed by atoms with Gasteiger partial charge in [-0.05, 0) is 57.4 Å². The van der Waals surface area contributed by atoms with Crippen LogP contribution in [0.3, 0.4) is 0 Å². The lowest BCUT2D eigenvalue weighted by molar-refractivity contribution is 0.0527. The molecule has 3 heterocycles. The van der Waals surface area contributed by atoms with Gasteiger partial charge >= 0.3 is 0 Å². The topological polar surface area (TPSA) is 109 Å². The Morgan fingerprint density at radius 1 is 1.19 bits per heavy atom. The van der Waals surface area contributed by atoms with E-state index in [1.165, 1.54) is 4.57 Å². The monoisotopic (exact) mass is 488 g/mol. The van der Waals surface area contributed by atoms with Crippen LogP contribution in [0.1, 0.15) is 54.4 Å². The summed E-state index contributed by atoms with van der Waals surface area (Å²) in [4.78, 5) is 33.1. The fraction of sp³-hybridized carbons (Fsp3) is 0.321. The van der Waals surface area contributed by atoms with Gasteiger partial charge in [0.25, 0.3) is 11.5 Å². The summed E-state index contributed by atoms with van der Waals surface area (Å²) in [6.45, 7) is 9.86. The molecule has 1 unspecified atom stereocenters. The number of ether oxygens (including phenoxy) is 1. The minimum absolute atomic E-state index is 0.258. The number of aryl methyl sites for hydroxylation is 3. The lowest BCUT2D eigenvalue weighted by Crippen LogP contribution is -2.23. The lowest BCUT2D eigenvalue weighted by Gasteiger charge is -2.23. The Hall–Kier alpha value is -3.91. The van der Waals surface area contributed by atoms with Gasteiger partial charge in [-0.15, -0.1) is 0 Å². The Kier molecular flexibility index (Phi) is 6.73. The first-order chi connectivity index (χ1) is 17.1. The van der Waals surface area contributed by atoms with Crippen molar-refractivity contribution in [2.45, 2.75) is 46.6 Å². The number of aliphatic hydroxyl groups is 1. The molecule has 36 heavy (non-hydrogen) atoms. The third-order valence-electron chi connectivity index (χ3n) is 6.61. The summed E-state index contributed by atoms with van der Waals surface area (Å²) in [6, 6.07) is 9.41. The van der Waals surface area contributed by atoms with Crippen molar-refractivity contribution < 1.29 is 14.6 Å². The maximum absolute atomic E-state index is 13.0. The van der Waals surface area contributed by atoms with E-state index in [0.717, 1.165) is 11.1 Å². The average Bonchev–Trinajstić information content (AvgIpc) is 3.30. The number of benzene rings is 1. The molecule has 3 N–H and O–H groups in total. The molecule has 4 aromatic rings. The molecular weight excluding hydrogens is 456 g/mol. The van der Waals surface area contributed by atoms with Gasteiger partial charge in [0.15, 0.2) is 0 Å². The minimum atomic E-state index is -1.11. The summed E-state index contributed by atoms with van der Waals surface area (Å²) in [5.41, 5.74) is 3.02. The second kappa shape index (κ2) is 9.62. The van der Waals surface area contributed by atoms with E-state index in [9.17, 15) is 14.7 Å². The van der Waals surface area contributed by atoms with Crippen molar-refractivity contribution in [1.29, 1.82) is 0 Å². The summed E-state index contributed by atoms with van der Waals surface area (Å²) in [5, 5.41) is 14.3. The van der Waals surface area contributed by atoms with Crippen molar-refractivity contribution >= 4 is 16.8 Å². The molecule has 0 bridgehead atoms. The van der Waals surface area contributed by atoms with Gasteiger partial charge < -0.3 is 24.7 Å². The van der Waals surface area contributed by atoms with Crippen LogP contribution in [0, 0.1) is 13.8 Å². The number of H-pyrrole nitrogens is 1. The van der Waals surface area contributed by atoms with Crippen LogP contribution < -0.4 is 15.6 Å². The van der Waals surface area contributed by atoms with Crippen molar-refractivity contribution in [1.82, 2.24) is 19.9 Å². The van der Waals surface area contributed by atoms with Crippen molar-refractivity contribution in [2.75, 3.05) is 6.54 Å². The standard InChI is InChI=1S/C28H32N4O4/c1-7-28(5,35)18-12-20(26(30-14-18)36-24-16(3)10-9-11-17(24)4)21-15-32(6)27(34)23-19(21)13-22(31-23)25(33)29-8-2/h9-15,31,35H,7-8H2,1-6H3,(H,29,33). The van der Waals surface area contributed by atoms with E-state index in [1.807, 2.05) is 52.0 Å². The SMILES string of the molecule is CCNC(=O)c1cc2c(-c3cc(C(C)(O)CC)cnc3Oc3c(C)cccc3C)cn(C)c(=O)c2[nH]1. The number of carbonyl (C=O) groups is 1. The van der Waals surface area contributed by atoms with Gasteiger partial charge in [-0.3, -0.25) is 9.59 Å². The molecule has 1 amide bonds. The normalized spacial score (nSPS) is 13.0. The van der Waals surface area contributed by atoms with Crippen molar-refractivity contribution in [3.05, 3.63) is 75.5 Å². The average molecular weight is 489 g/mol. The fourth-order valence-electron chi connectivity index (χ4n) is 4.21.